The number of benzene rings is 1. The first-order valence-electron chi connectivity index (χ1n) is 5.02. The van der Waals surface area contributed by atoms with E-state index in [1.165, 1.54) is 12.1 Å². The maximum absolute atomic E-state index is 11.7. The number of nitrogens with zero attached hydrogens (tertiary/aromatic N) is 1. The monoisotopic (exact) mass is 257 g/mol. The third-order valence-corrected chi connectivity index (χ3v) is 2.52. The van der Waals surface area contributed by atoms with Crippen molar-refractivity contribution in [3.8, 4) is 0 Å². The largest absolute Gasteiger partial charge is 0.462 e. The van der Waals surface area contributed by atoms with Crippen LogP contribution >= 0.6 is 11.6 Å². The van der Waals surface area contributed by atoms with Gasteiger partial charge in [0.15, 0.2) is 0 Å². The second-order valence-corrected chi connectivity index (χ2v) is 3.68. The van der Waals surface area contributed by atoms with E-state index >= 15 is 0 Å². The van der Waals surface area contributed by atoms with Crippen LogP contribution in [0.4, 0.5) is 5.69 Å². The quantitative estimate of drug-likeness (QED) is 0.360. The summed E-state index contributed by atoms with van der Waals surface area (Å²) in [5.41, 5.74) is 1.14. The number of nitro benzene ring substituents is 1. The van der Waals surface area contributed by atoms with Crippen molar-refractivity contribution in [3.63, 3.8) is 0 Å². The second kappa shape index (κ2) is 5.63. The van der Waals surface area contributed by atoms with E-state index in [-0.39, 0.29) is 18.2 Å². The van der Waals surface area contributed by atoms with Gasteiger partial charge in [0, 0.05) is 18.0 Å². The molecule has 0 fully saturated rings. The van der Waals surface area contributed by atoms with E-state index in [0.29, 0.717) is 16.7 Å². The molecule has 1 aromatic rings. The Bertz CT molecular complexity index is 459. The van der Waals surface area contributed by atoms with Gasteiger partial charge in [-0.05, 0) is 25.0 Å². The fraction of sp³-hybridized carbons (Fsp3) is 0.364. The maximum atomic E-state index is 11.7. The highest BCUT2D eigenvalue weighted by molar-refractivity contribution is 6.17. The van der Waals surface area contributed by atoms with Crippen LogP contribution < -0.4 is 0 Å². The molecule has 0 unspecified atom stereocenters. The number of carbonyl (C=O) groups excluding carboxylic acids is 1. The van der Waals surface area contributed by atoms with Crippen molar-refractivity contribution in [3.05, 3.63) is 38.9 Å². The minimum Gasteiger partial charge on any atom is -0.462 e. The van der Waals surface area contributed by atoms with Crippen molar-refractivity contribution in [2.24, 2.45) is 0 Å². The van der Waals surface area contributed by atoms with Crippen LogP contribution in [-0.4, -0.2) is 17.5 Å². The summed E-state index contributed by atoms with van der Waals surface area (Å²) >= 11 is 5.69. The summed E-state index contributed by atoms with van der Waals surface area (Å²) in [7, 11) is 0. The molecule has 5 nitrogen and oxygen atoms in total. The number of non-ortho nitro benzene ring substituents is 1. The van der Waals surface area contributed by atoms with Gasteiger partial charge >= 0.3 is 5.97 Å². The molecular formula is C11H12ClNO4. The lowest BCUT2D eigenvalue weighted by atomic mass is 10.0. The van der Waals surface area contributed by atoms with Crippen molar-refractivity contribution < 1.29 is 14.5 Å². The molecule has 0 radical (unpaired) electrons. The first-order valence-corrected chi connectivity index (χ1v) is 5.55. The highest BCUT2D eigenvalue weighted by Crippen LogP contribution is 2.24. The van der Waals surface area contributed by atoms with E-state index in [2.05, 4.69) is 0 Å². The lowest BCUT2D eigenvalue weighted by Gasteiger charge is -2.09. The molecule has 17 heavy (non-hydrogen) atoms. The summed E-state index contributed by atoms with van der Waals surface area (Å²) in [5.74, 6) is -0.480. The zero-order valence-corrected chi connectivity index (χ0v) is 10.3. The molecule has 0 atom stereocenters. The molecule has 0 aromatic heterocycles. The second-order valence-electron chi connectivity index (χ2n) is 3.41. The molecule has 92 valence electrons. The highest BCUT2D eigenvalue weighted by Gasteiger charge is 2.19. The van der Waals surface area contributed by atoms with E-state index in [0.717, 1.165) is 0 Å². The number of carbonyl (C=O) groups is 1. The van der Waals surface area contributed by atoms with Crippen molar-refractivity contribution >= 4 is 23.3 Å². The van der Waals surface area contributed by atoms with E-state index < -0.39 is 10.9 Å². The Balaban J connectivity index is 3.30. The predicted molar refractivity (Wildman–Crippen MR) is 63.3 cm³/mol. The molecule has 0 amide bonds. The molecule has 1 rings (SSSR count). The molecule has 0 aliphatic heterocycles. The SMILES string of the molecule is CCOC(=O)c1c(C)cc([N+](=O)[O-])cc1CCl. The molecule has 0 saturated carbocycles. The van der Waals surface area contributed by atoms with E-state index in [1.54, 1.807) is 13.8 Å². The summed E-state index contributed by atoms with van der Waals surface area (Å²) < 4.78 is 4.88. The minimum absolute atomic E-state index is 0.0245. The van der Waals surface area contributed by atoms with Crippen LogP contribution in [0.2, 0.25) is 0 Å². The molecule has 0 aliphatic carbocycles. The highest BCUT2D eigenvalue weighted by atomic mass is 35.5. The lowest BCUT2D eigenvalue weighted by Crippen LogP contribution is -2.10. The zero-order valence-electron chi connectivity index (χ0n) is 9.53. The number of esters is 1. The van der Waals surface area contributed by atoms with Crippen molar-refractivity contribution in [1.29, 1.82) is 0 Å². The minimum atomic E-state index is -0.516. The topological polar surface area (TPSA) is 69.4 Å². The van der Waals surface area contributed by atoms with Crippen LogP contribution in [-0.2, 0) is 10.6 Å². The van der Waals surface area contributed by atoms with Gasteiger partial charge in [0.1, 0.15) is 0 Å². The molecule has 0 spiro atoms. The first-order chi connectivity index (χ1) is 8.01. The van der Waals surface area contributed by atoms with Crippen LogP contribution in [0, 0.1) is 17.0 Å². The van der Waals surface area contributed by atoms with Gasteiger partial charge in [0.2, 0.25) is 0 Å². The van der Waals surface area contributed by atoms with Gasteiger partial charge in [-0.25, -0.2) is 4.79 Å². The Morgan fingerprint density at radius 2 is 2.18 bits per heavy atom. The van der Waals surface area contributed by atoms with Gasteiger partial charge in [0.25, 0.3) is 5.69 Å². The lowest BCUT2D eigenvalue weighted by molar-refractivity contribution is -0.385. The van der Waals surface area contributed by atoms with Crippen molar-refractivity contribution in [2.75, 3.05) is 6.61 Å². The maximum Gasteiger partial charge on any atom is 0.338 e. The number of rotatable bonds is 4. The number of aryl methyl sites for hydroxylation is 1. The number of halogens is 1. The van der Waals surface area contributed by atoms with Crippen LogP contribution in [0.25, 0.3) is 0 Å². The smallest absolute Gasteiger partial charge is 0.338 e. The predicted octanol–water partition coefficient (Wildman–Crippen LogP) is 2.82. The third kappa shape index (κ3) is 2.94. The zero-order chi connectivity index (χ0) is 13.0. The normalized spacial score (nSPS) is 10.1. The van der Waals surface area contributed by atoms with Gasteiger partial charge in [0.05, 0.1) is 17.1 Å². The number of ether oxygens (including phenoxy) is 1. The fourth-order valence-corrected chi connectivity index (χ4v) is 1.76. The Hall–Kier alpha value is -1.62. The Morgan fingerprint density at radius 1 is 1.53 bits per heavy atom. The number of nitro groups is 1. The summed E-state index contributed by atoms with van der Waals surface area (Å²) in [6, 6.07) is 2.63. The molecule has 1 aromatic carbocycles. The number of hydrogen-bond acceptors (Lipinski definition) is 4. The summed E-state index contributed by atoms with van der Waals surface area (Å²) in [5, 5.41) is 10.7. The Morgan fingerprint density at radius 3 is 2.65 bits per heavy atom. The molecule has 0 aliphatic rings. The first kappa shape index (κ1) is 13.4. The molecule has 0 saturated heterocycles. The number of alkyl halides is 1. The Kier molecular flexibility index (Phi) is 4.45. The van der Waals surface area contributed by atoms with Crippen LogP contribution in [0.5, 0.6) is 0 Å². The summed E-state index contributed by atoms with van der Waals surface area (Å²) in [6.07, 6.45) is 0. The standard InChI is InChI=1S/C11H12ClNO4/c1-3-17-11(14)10-7(2)4-9(13(15)16)5-8(10)6-12/h4-5H,3,6H2,1-2H3. The van der Waals surface area contributed by atoms with E-state index in [9.17, 15) is 14.9 Å². The summed E-state index contributed by atoms with van der Waals surface area (Å²) in [6.45, 7) is 3.56. The van der Waals surface area contributed by atoms with Gasteiger partial charge in [-0.3, -0.25) is 10.1 Å². The average Bonchev–Trinajstić information content (AvgIpc) is 2.27. The molecule has 0 bridgehead atoms. The molecular weight excluding hydrogens is 246 g/mol. The van der Waals surface area contributed by atoms with Gasteiger partial charge in [-0.15, -0.1) is 11.6 Å². The van der Waals surface area contributed by atoms with Crippen LogP contribution in [0.3, 0.4) is 0 Å². The summed E-state index contributed by atoms with van der Waals surface area (Å²) in [4.78, 5) is 21.8. The fourth-order valence-electron chi connectivity index (χ4n) is 1.55. The van der Waals surface area contributed by atoms with E-state index in [4.69, 9.17) is 16.3 Å². The average molecular weight is 258 g/mol. The molecule has 0 N–H and O–H groups in total. The van der Waals surface area contributed by atoms with Gasteiger partial charge in [-0.2, -0.15) is 0 Å². The Labute approximate surface area is 103 Å². The third-order valence-electron chi connectivity index (χ3n) is 2.24. The van der Waals surface area contributed by atoms with Crippen molar-refractivity contribution in [2.45, 2.75) is 19.7 Å². The molecule has 6 heteroatoms. The van der Waals surface area contributed by atoms with Gasteiger partial charge < -0.3 is 4.74 Å². The number of hydrogen-bond donors (Lipinski definition) is 0. The van der Waals surface area contributed by atoms with Crippen molar-refractivity contribution in [1.82, 2.24) is 0 Å². The van der Waals surface area contributed by atoms with E-state index in [1.807, 2.05) is 0 Å². The van der Waals surface area contributed by atoms with Crippen LogP contribution in [0.1, 0.15) is 28.4 Å². The molecule has 0 heterocycles. The van der Waals surface area contributed by atoms with Gasteiger partial charge in [-0.1, -0.05) is 0 Å². The van der Waals surface area contributed by atoms with Crippen LogP contribution in [0.15, 0.2) is 12.1 Å².